The highest BCUT2D eigenvalue weighted by Crippen LogP contribution is 2.14. The Kier molecular flexibility index (Phi) is 22.4. The Hall–Kier alpha value is -4.48. The molecule has 0 spiro atoms. The summed E-state index contributed by atoms with van der Waals surface area (Å²) in [6.07, 6.45) is -0.136. The van der Waals surface area contributed by atoms with Gasteiger partial charge in [-0.15, -0.1) is 0 Å². The van der Waals surface area contributed by atoms with Crippen LogP contribution in [0, 0.1) is 0 Å². The van der Waals surface area contributed by atoms with Crippen molar-refractivity contribution in [3.05, 3.63) is 40.3 Å². The lowest BCUT2D eigenvalue weighted by Gasteiger charge is -2.25. The van der Waals surface area contributed by atoms with Crippen molar-refractivity contribution < 1.29 is 52.8 Å². The lowest BCUT2D eigenvalue weighted by molar-refractivity contribution is -0.156. The first-order valence-corrected chi connectivity index (χ1v) is 17.6. The number of azide groups is 1. The van der Waals surface area contributed by atoms with Gasteiger partial charge in [-0.05, 0) is 84.0 Å². The highest BCUT2D eigenvalue weighted by molar-refractivity contribution is 6.00. The molecule has 0 radical (unpaired) electrons. The van der Waals surface area contributed by atoms with Gasteiger partial charge in [0.2, 0.25) is 17.7 Å². The fourth-order valence-corrected chi connectivity index (χ4v) is 4.32. The topological polar surface area (TPSA) is 249 Å². The van der Waals surface area contributed by atoms with Gasteiger partial charge in [-0.1, -0.05) is 17.2 Å². The standard InChI is InChI=1S/C35H57N7O11/c1-34(2,3)52-30(45)23-28(32(47)39-26-12-10-25(24-43)11-13-26)41-31(46)27(9-7-8-15-37-33(48)53-35(4,5)6)40-29(44)14-17-49-19-21-51-22-20-50-18-16-38-42-36/h10-13,27-28,43H,7-9,14-24H2,1-6H3,(H,37,48)(H,39,47)(H,40,44)(H,41,46). The summed E-state index contributed by atoms with van der Waals surface area (Å²) in [6.45, 7) is 12.0. The van der Waals surface area contributed by atoms with Gasteiger partial charge >= 0.3 is 12.1 Å². The number of hydrogen-bond donors (Lipinski definition) is 5. The van der Waals surface area contributed by atoms with Crippen molar-refractivity contribution in [2.24, 2.45) is 5.11 Å². The average Bonchev–Trinajstić information content (AvgIpc) is 3.06. The molecule has 0 aliphatic heterocycles. The minimum Gasteiger partial charge on any atom is -0.460 e. The summed E-state index contributed by atoms with van der Waals surface area (Å²) in [5.41, 5.74) is 7.73. The summed E-state index contributed by atoms with van der Waals surface area (Å²) in [6, 6.07) is 3.92. The summed E-state index contributed by atoms with van der Waals surface area (Å²) in [7, 11) is 0. The number of anilines is 1. The van der Waals surface area contributed by atoms with Gasteiger partial charge in [-0.2, -0.15) is 0 Å². The minimum absolute atomic E-state index is 0.0464. The number of esters is 1. The third kappa shape index (κ3) is 24.4. The van der Waals surface area contributed by atoms with Crippen LogP contribution in [0.3, 0.4) is 0 Å². The van der Waals surface area contributed by atoms with Gasteiger partial charge in [0, 0.05) is 30.1 Å². The van der Waals surface area contributed by atoms with Crippen LogP contribution in [0.1, 0.15) is 79.2 Å². The number of carbonyl (C=O) groups excluding carboxylic acids is 5. The van der Waals surface area contributed by atoms with E-state index in [1.807, 2.05) is 0 Å². The van der Waals surface area contributed by atoms with Gasteiger partial charge in [0.15, 0.2) is 0 Å². The molecule has 18 heteroatoms. The minimum atomic E-state index is -1.36. The van der Waals surface area contributed by atoms with E-state index in [0.29, 0.717) is 43.9 Å². The van der Waals surface area contributed by atoms with E-state index in [1.54, 1.807) is 65.8 Å². The summed E-state index contributed by atoms with van der Waals surface area (Å²) in [4.78, 5) is 67.3. The number of unbranched alkanes of at least 4 members (excludes halogenated alkanes) is 1. The van der Waals surface area contributed by atoms with E-state index < -0.39 is 59.5 Å². The highest BCUT2D eigenvalue weighted by atomic mass is 16.6. The maximum Gasteiger partial charge on any atom is 0.407 e. The first kappa shape index (κ1) is 46.5. The molecule has 298 valence electrons. The van der Waals surface area contributed by atoms with E-state index in [-0.39, 0.29) is 52.4 Å². The molecule has 0 saturated heterocycles. The Labute approximate surface area is 311 Å². The zero-order valence-corrected chi connectivity index (χ0v) is 31.7. The van der Waals surface area contributed by atoms with Crippen LogP contribution in [0.4, 0.5) is 10.5 Å². The molecule has 0 bridgehead atoms. The normalized spacial score (nSPS) is 12.4. The number of benzene rings is 1. The fourth-order valence-electron chi connectivity index (χ4n) is 4.32. The Morgan fingerprint density at radius 2 is 1.40 bits per heavy atom. The third-order valence-corrected chi connectivity index (χ3v) is 6.68. The van der Waals surface area contributed by atoms with Crippen LogP contribution in [-0.2, 0) is 49.5 Å². The zero-order valence-electron chi connectivity index (χ0n) is 31.7. The molecular weight excluding hydrogens is 694 g/mol. The van der Waals surface area contributed by atoms with Gasteiger partial charge in [-0.3, -0.25) is 19.2 Å². The van der Waals surface area contributed by atoms with Crippen molar-refractivity contribution >= 4 is 35.5 Å². The number of hydrogen-bond acceptors (Lipinski definition) is 12. The molecule has 1 aromatic carbocycles. The quantitative estimate of drug-likeness (QED) is 0.0319. The van der Waals surface area contributed by atoms with Crippen LogP contribution in [-0.4, -0.2) is 111 Å². The Balaban J connectivity index is 2.88. The average molecular weight is 752 g/mol. The second-order valence-electron chi connectivity index (χ2n) is 13.8. The molecule has 1 aromatic rings. The smallest absolute Gasteiger partial charge is 0.407 e. The van der Waals surface area contributed by atoms with Crippen LogP contribution in [0.5, 0.6) is 0 Å². The van der Waals surface area contributed by atoms with Gasteiger partial charge in [0.1, 0.15) is 23.3 Å². The summed E-state index contributed by atoms with van der Waals surface area (Å²) in [5, 5.41) is 23.3. The molecule has 53 heavy (non-hydrogen) atoms. The molecule has 4 amide bonds. The number of nitrogens with zero attached hydrogens (tertiary/aromatic N) is 3. The van der Waals surface area contributed by atoms with Crippen LogP contribution >= 0.6 is 0 Å². The first-order valence-electron chi connectivity index (χ1n) is 17.6. The molecule has 2 atom stereocenters. The largest absolute Gasteiger partial charge is 0.460 e. The number of rotatable bonds is 25. The number of alkyl carbamates (subject to hydrolysis) is 1. The molecule has 2 unspecified atom stereocenters. The van der Waals surface area contributed by atoms with Crippen molar-refractivity contribution in [3.8, 4) is 0 Å². The third-order valence-electron chi connectivity index (χ3n) is 6.68. The van der Waals surface area contributed by atoms with Crippen LogP contribution in [0.2, 0.25) is 0 Å². The van der Waals surface area contributed by atoms with Crippen LogP contribution in [0.25, 0.3) is 10.4 Å². The number of aliphatic hydroxyl groups is 1. The van der Waals surface area contributed by atoms with E-state index in [0.717, 1.165) is 0 Å². The zero-order chi connectivity index (χ0) is 39.7. The fraction of sp³-hybridized carbons (Fsp3) is 0.686. The highest BCUT2D eigenvalue weighted by Gasteiger charge is 2.30. The monoisotopic (exact) mass is 751 g/mol. The van der Waals surface area contributed by atoms with Crippen LogP contribution in [0.15, 0.2) is 29.4 Å². The number of ether oxygens (including phenoxy) is 5. The SMILES string of the molecule is CC(C)(C)OC(=O)CC(NC(=O)C(CCCCNC(=O)OC(C)(C)C)NC(=O)CCOCCOCCOCCN=[N+]=[N-])C(=O)Nc1ccc(CO)cc1. The molecule has 0 saturated carbocycles. The van der Waals surface area contributed by atoms with Crippen molar-refractivity contribution in [1.29, 1.82) is 0 Å². The van der Waals surface area contributed by atoms with Crippen molar-refractivity contribution in [2.75, 3.05) is 58.0 Å². The predicted molar refractivity (Wildman–Crippen MR) is 194 cm³/mol. The van der Waals surface area contributed by atoms with Crippen molar-refractivity contribution in [1.82, 2.24) is 16.0 Å². The van der Waals surface area contributed by atoms with E-state index in [4.69, 9.17) is 29.2 Å². The molecule has 0 aliphatic carbocycles. The number of nitrogens with one attached hydrogen (secondary N) is 4. The maximum atomic E-state index is 13.6. The van der Waals surface area contributed by atoms with E-state index in [1.165, 1.54) is 0 Å². The second kappa shape index (κ2) is 25.5. The molecule has 0 aliphatic rings. The van der Waals surface area contributed by atoms with Crippen molar-refractivity contribution in [3.63, 3.8) is 0 Å². The molecular formula is C35H57N7O11. The lowest BCUT2D eigenvalue weighted by atomic mass is 10.1. The number of amides is 4. The van der Waals surface area contributed by atoms with E-state index >= 15 is 0 Å². The molecule has 0 fully saturated rings. The van der Waals surface area contributed by atoms with Gasteiger partial charge in [0.05, 0.1) is 52.7 Å². The van der Waals surface area contributed by atoms with Crippen LogP contribution < -0.4 is 21.3 Å². The maximum absolute atomic E-state index is 13.6. The van der Waals surface area contributed by atoms with Crippen molar-refractivity contribution in [2.45, 2.75) is 104 Å². The predicted octanol–water partition coefficient (Wildman–Crippen LogP) is 3.26. The Morgan fingerprint density at radius 1 is 0.792 bits per heavy atom. The Morgan fingerprint density at radius 3 is 1.98 bits per heavy atom. The van der Waals surface area contributed by atoms with Gasteiger partial charge in [-0.25, -0.2) is 4.79 Å². The summed E-state index contributed by atoms with van der Waals surface area (Å²) in [5.74, 6) is -2.60. The molecule has 5 N–H and O–H groups in total. The molecule has 0 heterocycles. The lowest BCUT2D eigenvalue weighted by Crippen LogP contribution is -2.53. The van der Waals surface area contributed by atoms with Gasteiger partial charge in [0.25, 0.3) is 0 Å². The Bertz CT molecular complexity index is 1320. The molecule has 1 rings (SSSR count). The summed E-state index contributed by atoms with van der Waals surface area (Å²) < 4.78 is 26.7. The van der Waals surface area contributed by atoms with E-state index in [9.17, 15) is 29.1 Å². The first-order chi connectivity index (χ1) is 25.0. The molecule has 18 nitrogen and oxygen atoms in total. The second-order valence-corrected chi connectivity index (χ2v) is 13.8. The summed E-state index contributed by atoms with van der Waals surface area (Å²) >= 11 is 0. The number of carbonyl (C=O) groups is 5. The number of aliphatic hydroxyl groups excluding tert-OH is 1. The molecule has 0 aromatic heterocycles. The van der Waals surface area contributed by atoms with Gasteiger partial charge < -0.3 is 50.1 Å². The van der Waals surface area contributed by atoms with E-state index in [2.05, 4.69) is 31.3 Å².